The molecule has 10 heteroatoms. The normalized spacial score (nSPS) is 13.6. The fourth-order valence-corrected chi connectivity index (χ4v) is 5.14. The molecule has 1 aliphatic heterocycles. The van der Waals surface area contributed by atoms with Gasteiger partial charge in [0.25, 0.3) is 5.56 Å². The first-order valence-electron chi connectivity index (χ1n) is 14.1. The molecule has 0 spiro atoms. The van der Waals surface area contributed by atoms with E-state index >= 15 is 0 Å². The van der Waals surface area contributed by atoms with Crippen LogP contribution in [-0.2, 0) is 7.05 Å². The highest BCUT2D eigenvalue weighted by Crippen LogP contribution is 2.36. The number of hydrazine groups is 2. The molecule has 10 nitrogen and oxygen atoms in total. The van der Waals surface area contributed by atoms with E-state index in [-0.39, 0.29) is 11.0 Å². The predicted octanol–water partition coefficient (Wildman–Crippen LogP) is 5.18. The van der Waals surface area contributed by atoms with Gasteiger partial charge in [0.2, 0.25) is 0 Å². The molecule has 0 radical (unpaired) electrons. The van der Waals surface area contributed by atoms with Gasteiger partial charge in [-0.25, -0.2) is 0 Å². The van der Waals surface area contributed by atoms with Crippen LogP contribution < -0.4 is 27.2 Å². The van der Waals surface area contributed by atoms with Crippen molar-refractivity contribution >= 4 is 33.2 Å². The van der Waals surface area contributed by atoms with Gasteiger partial charge in [0, 0.05) is 55.1 Å². The third-order valence-electron chi connectivity index (χ3n) is 7.35. The van der Waals surface area contributed by atoms with Crippen LogP contribution in [0.25, 0.3) is 21.8 Å². The molecule has 1 aliphatic rings. The van der Waals surface area contributed by atoms with E-state index in [2.05, 4.69) is 66.1 Å². The average Bonchev–Trinajstić information content (AvgIpc) is 3.47. The molecule has 0 saturated carbocycles. The molecule has 0 fully saturated rings. The number of anilines is 2. The molecule has 218 valence electrons. The first-order chi connectivity index (χ1) is 20.6. The van der Waals surface area contributed by atoms with E-state index in [0.717, 1.165) is 35.1 Å². The number of nitrogens with zero attached hydrogens (tertiary/aromatic N) is 5. The van der Waals surface area contributed by atoms with Crippen LogP contribution in [0.2, 0.25) is 0 Å². The van der Waals surface area contributed by atoms with Crippen molar-refractivity contribution in [3.05, 3.63) is 100 Å². The molecular formula is C33H35N9O. The van der Waals surface area contributed by atoms with Crippen LogP contribution in [-0.4, -0.2) is 27.6 Å². The number of rotatable bonds is 9. The van der Waals surface area contributed by atoms with Crippen molar-refractivity contribution in [1.29, 1.82) is 10.5 Å². The Morgan fingerprint density at radius 3 is 2.63 bits per heavy atom. The summed E-state index contributed by atoms with van der Waals surface area (Å²) in [5.74, 6) is 0. The van der Waals surface area contributed by atoms with Crippen molar-refractivity contribution in [3.63, 3.8) is 0 Å². The monoisotopic (exact) mass is 573 g/mol. The van der Waals surface area contributed by atoms with Crippen LogP contribution in [0.3, 0.4) is 0 Å². The zero-order valence-corrected chi connectivity index (χ0v) is 24.8. The second-order valence-electron chi connectivity index (χ2n) is 11.8. The van der Waals surface area contributed by atoms with Gasteiger partial charge in [-0.2, -0.15) is 10.5 Å². The third kappa shape index (κ3) is 6.01. The summed E-state index contributed by atoms with van der Waals surface area (Å²) in [6.07, 6.45) is 6.17. The molecule has 0 amide bonds. The molecule has 5 rings (SSSR count). The summed E-state index contributed by atoms with van der Waals surface area (Å²) < 4.78 is 1.63. The highest BCUT2D eigenvalue weighted by molar-refractivity contribution is 5.99. The molecule has 0 aliphatic carbocycles. The van der Waals surface area contributed by atoms with E-state index in [4.69, 9.17) is 0 Å². The Morgan fingerprint density at radius 2 is 1.91 bits per heavy atom. The van der Waals surface area contributed by atoms with E-state index in [0.29, 0.717) is 39.9 Å². The number of fused-ring (bicyclic) bond motifs is 2. The molecule has 4 aromatic rings. The molecule has 3 heterocycles. The van der Waals surface area contributed by atoms with Crippen molar-refractivity contribution in [2.24, 2.45) is 12.5 Å². The number of benzene rings is 2. The van der Waals surface area contributed by atoms with Crippen molar-refractivity contribution in [2.75, 3.05) is 23.7 Å². The van der Waals surface area contributed by atoms with Crippen molar-refractivity contribution in [1.82, 2.24) is 25.5 Å². The number of aryl methyl sites for hydroxylation is 1. The molecule has 0 saturated heterocycles. The minimum Gasteiger partial charge on any atom is -0.383 e. The smallest absolute Gasteiger partial charge is 0.250 e. The predicted molar refractivity (Wildman–Crippen MR) is 171 cm³/mol. The molecule has 0 unspecified atom stereocenters. The molecule has 43 heavy (non-hydrogen) atoms. The van der Waals surface area contributed by atoms with Gasteiger partial charge in [-0.1, -0.05) is 39.0 Å². The summed E-state index contributed by atoms with van der Waals surface area (Å²) in [6, 6.07) is 17.2. The van der Waals surface area contributed by atoms with Crippen LogP contribution in [0.4, 0.5) is 11.4 Å². The van der Waals surface area contributed by atoms with Gasteiger partial charge in [0.1, 0.15) is 12.1 Å². The molecular weight excluding hydrogens is 538 g/mol. The highest BCUT2D eigenvalue weighted by Gasteiger charge is 2.25. The quantitative estimate of drug-likeness (QED) is 0.200. The number of hydrogen-bond donors (Lipinski definition) is 4. The number of hydrogen-bond acceptors (Lipinski definition) is 9. The van der Waals surface area contributed by atoms with Gasteiger partial charge in [0.05, 0.1) is 39.6 Å². The summed E-state index contributed by atoms with van der Waals surface area (Å²) in [7, 11) is 1.76. The lowest BCUT2D eigenvalue weighted by atomic mass is 9.96. The number of pyridine rings is 2. The van der Waals surface area contributed by atoms with Crippen LogP contribution >= 0.6 is 0 Å². The van der Waals surface area contributed by atoms with Crippen molar-refractivity contribution in [2.45, 2.75) is 33.2 Å². The first kappa shape index (κ1) is 29.2. The Hall–Kier alpha value is -5.32. The Kier molecular flexibility index (Phi) is 8.07. The molecule has 1 atom stereocenters. The van der Waals surface area contributed by atoms with Gasteiger partial charge >= 0.3 is 0 Å². The maximum absolute atomic E-state index is 12.4. The van der Waals surface area contributed by atoms with Crippen molar-refractivity contribution in [3.8, 4) is 12.1 Å². The lowest BCUT2D eigenvalue weighted by molar-refractivity contribution is 0.275. The lowest BCUT2D eigenvalue weighted by Crippen LogP contribution is -2.38. The standard InChI is InChI=1S/C33H35N9O/c1-6-7-13-42-19-27(39-40-42)32(25-9-8-10-28-24(25)11-12-29(43)41(28)5)38-23-14-21(16-34)30-26(15-23)31(22(17-35)18-36-30)37-20-33(2,3)4/h6,8-12,14-15,18-19,32,38-40H,1,7,13,20H2,2-5H3,(H,36,37)/t32-/m0/s1. The summed E-state index contributed by atoms with van der Waals surface area (Å²) in [5, 5.41) is 30.7. The average molecular weight is 574 g/mol. The SMILES string of the molecule is C=CCCN1C=C([C@@H](Nc2cc(C#N)c3ncc(C#N)c(NCC(C)(C)C)c3c2)c2cccc3c2ccc(=O)n3C)NN1. The summed E-state index contributed by atoms with van der Waals surface area (Å²) in [4.78, 5) is 16.9. The Labute approximate surface area is 250 Å². The van der Waals surface area contributed by atoms with Crippen LogP contribution in [0.1, 0.15) is 49.9 Å². The van der Waals surface area contributed by atoms with Crippen LogP contribution in [0, 0.1) is 28.1 Å². The topological polar surface area (TPSA) is 134 Å². The van der Waals surface area contributed by atoms with Gasteiger partial charge in [-0.15, -0.1) is 12.1 Å². The molecule has 4 N–H and O–H groups in total. The molecule has 2 aromatic carbocycles. The zero-order valence-electron chi connectivity index (χ0n) is 24.8. The second-order valence-corrected chi connectivity index (χ2v) is 11.8. The Balaban J connectivity index is 1.67. The zero-order chi connectivity index (χ0) is 30.7. The van der Waals surface area contributed by atoms with Gasteiger partial charge in [-0.3, -0.25) is 14.8 Å². The summed E-state index contributed by atoms with van der Waals surface area (Å²) >= 11 is 0. The second kappa shape index (κ2) is 11.9. The highest BCUT2D eigenvalue weighted by atomic mass is 16.1. The van der Waals surface area contributed by atoms with Gasteiger partial charge in [-0.05, 0) is 41.7 Å². The summed E-state index contributed by atoms with van der Waals surface area (Å²) in [5.41, 5.74) is 11.6. The lowest BCUT2D eigenvalue weighted by Gasteiger charge is -2.24. The van der Waals surface area contributed by atoms with E-state index in [1.54, 1.807) is 23.7 Å². The number of nitriles is 2. The first-order valence-corrected chi connectivity index (χ1v) is 14.1. The van der Waals surface area contributed by atoms with Gasteiger partial charge in [0.15, 0.2) is 0 Å². The number of nitrogens with one attached hydrogen (secondary N) is 4. The summed E-state index contributed by atoms with van der Waals surface area (Å²) in [6.45, 7) is 11.5. The van der Waals surface area contributed by atoms with Gasteiger partial charge < -0.3 is 20.6 Å². The molecule has 2 aromatic heterocycles. The molecule has 0 bridgehead atoms. The Bertz CT molecular complexity index is 1890. The fourth-order valence-electron chi connectivity index (χ4n) is 5.14. The van der Waals surface area contributed by atoms with Crippen molar-refractivity contribution < 1.29 is 0 Å². The van der Waals surface area contributed by atoms with Crippen LogP contribution in [0.15, 0.2) is 78.0 Å². The number of aromatic nitrogens is 2. The van der Waals surface area contributed by atoms with E-state index < -0.39 is 6.04 Å². The third-order valence-corrected chi connectivity index (χ3v) is 7.35. The van der Waals surface area contributed by atoms with E-state index in [9.17, 15) is 15.3 Å². The fraction of sp³-hybridized carbons (Fsp3) is 0.273. The van der Waals surface area contributed by atoms with Crippen LogP contribution in [0.5, 0.6) is 0 Å². The minimum atomic E-state index is -0.399. The maximum Gasteiger partial charge on any atom is 0.250 e. The minimum absolute atomic E-state index is 0.0408. The van der Waals surface area contributed by atoms with E-state index in [1.807, 2.05) is 47.6 Å². The largest absolute Gasteiger partial charge is 0.383 e. The maximum atomic E-state index is 12.4. The van der Waals surface area contributed by atoms with E-state index in [1.165, 1.54) is 6.20 Å². The Morgan fingerprint density at radius 1 is 1.12 bits per heavy atom.